The van der Waals surface area contributed by atoms with E-state index >= 15 is 0 Å². The van der Waals surface area contributed by atoms with Crippen LogP contribution in [0.15, 0.2) is 12.1 Å². The molecule has 2 atom stereocenters. The van der Waals surface area contributed by atoms with Crippen LogP contribution < -0.4 is 5.32 Å². The molecule has 1 fully saturated rings. The Hall–Kier alpha value is -1.07. The van der Waals surface area contributed by atoms with E-state index in [1.807, 2.05) is 12.1 Å². The summed E-state index contributed by atoms with van der Waals surface area (Å²) in [4.78, 5) is 27.2. The highest BCUT2D eigenvalue weighted by Gasteiger charge is 2.38. The van der Waals surface area contributed by atoms with Crippen LogP contribution in [0.4, 0.5) is 0 Å². The fraction of sp³-hybridized carbons (Fsp3) is 0.571. The number of carbonyl (C=O) groups is 2. The van der Waals surface area contributed by atoms with Gasteiger partial charge in [0, 0.05) is 4.88 Å². The van der Waals surface area contributed by atoms with Gasteiger partial charge >= 0.3 is 0 Å². The smallest absolute Gasteiger partial charge is 0.245 e. The molecule has 1 saturated heterocycles. The largest absolute Gasteiger partial charge is 0.343 e. The van der Waals surface area contributed by atoms with Gasteiger partial charge < -0.3 is 10.2 Å². The topological polar surface area (TPSA) is 49.4 Å². The molecule has 2 heterocycles. The van der Waals surface area contributed by atoms with Gasteiger partial charge in [0.2, 0.25) is 11.8 Å². The van der Waals surface area contributed by atoms with E-state index in [0.717, 1.165) is 4.88 Å². The first-order valence-electron chi connectivity index (χ1n) is 6.73. The highest BCUT2D eigenvalue weighted by Crippen LogP contribution is 2.26. The van der Waals surface area contributed by atoms with Crippen molar-refractivity contribution in [1.29, 1.82) is 0 Å². The number of nitrogens with one attached hydrogen (secondary N) is 1. The van der Waals surface area contributed by atoms with Crippen molar-refractivity contribution in [3.05, 3.63) is 21.3 Å². The molecule has 0 aliphatic carbocycles. The van der Waals surface area contributed by atoms with Crippen LogP contribution in [-0.2, 0) is 16.1 Å². The lowest BCUT2D eigenvalue weighted by Crippen LogP contribution is -2.62. The molecule has 0 aromatic carbocycles. The summed E-state index contributed by atoms with van der Waals surface area (Å²) in [6.45, 7) is 6.28. The third-order valence-corrected chi connectivity index (χ3v) is 4.56. The molecule has 2 unspecified atom stereocenters. The van der Waals surface area contributed by atoms with E-state index in [9.17, 15) is 9.59 Å². The number of rotatable bonds is 4. The van der Waals surface area contributed by atoms with Crippen LogP contribution in [0.25, 0.3) is 0 Å². The van der Waals surface area contributed by atoms with Gasteiger partial charge in [-0.15, -0.1) is 11.3 Å². The molecule has 1 aromatic rings. The Balaban J connectivity index is 2.22. The Kier molecular flexibility index (Phi) is 4.70. The second-order valence-electron chi connectivity index (χ2n) is 5.55. The zero-order chi connectivity index (χ0) is 14.9. The first-order chi connectivity index (χ1) is 9.38. The van der Waals surface area contributed by atoms with Crippen molar-refractivity contribution in [2.75, 3.05) is 0 Å². The average molecular weight is 315 g/mol. The molecule has 2 rings (SSSR count). The summed E-state index contributed by atoms with van der Waals surface area (Å²) in [5.74, 6) is 0.259. The van der Waals surface area contributed by atoms with E-state index in [1.165, 1.54) is 11.3 Å². The van der Waals surface area contributed by atoms with Gasteiger partial charge in [-0.1, -0.05) is 25.4 Å². The highest BCUT2D eigenvalue weighted by molar-refractivity contribution is 7.16. The molecule has 0 spiro atoms. The molecule has 0 radical (unpaired) electrons. The van der Waals surface area contributed by atoms with Crippen molar-refractivity contribution >= 4 is 34.8 Å². The molecular weight excluding hydrogens is 296 g/mol. The molecule has 1 aromatic heterocycles. The zero-order valence-corrected chi connectivity index (χ0v) is 13.4. The van der Waals surface area contributed by atoms with E-state index in [-0.39, 0.29) is 17.9 Å². The summed E-state index contributed by atoms with van der Waals surface area (Å²) in [6.07, 6.45) is 0.670. The van der Waals surface area contributed by atoms with Crippen LogP contribution in [0.3, 0.4) is 0 Å². The predicted molar refractivity (Wildman–Crippen MR) is 80.7 cm³/mol. The van der Waals surface area contributed by atoms with Crippen LogP contribution in [0.1, 0.15) is 32.1 Å². The third-order valence-electron chi connectivity index (χ3n) is 3.34. The fourth-order valence-corrected chi connectivity index (χ4v) is 3.48. The Morgan fingerprint density at radius 1 is 1.40 bits per heavy atom. The lowest BCUT2D eigenvalue weighted by Gasteiger charge is -2.38. The van der Waals surface area contributed by atoms with E-state index < -0.39 is 6.04 Å². The van der Waals surface area contributed by atoms with Crippen LogP contribution in [0.5, 0.6) is 0 Å². The lowest BCUT2D eigenvalue weighted by molar-refractivity contribution is -0.150. The summed E-state index contributed by atoms with van der Waals surface area (Å²) in [5.41, 5.74) is 0. The third kappa shape index (κ3) is 3.33. The van der Waals surface area contributed by atoms with Crippen molar-refractivity contribution in [3.8, 4) is 0 Å². The summed E-state index contributed by atoms with van der Waals surface area (Å²) in [7, 11) is 0. The average Bonchev–Trinajstić information content (AvgIpc) is 2.76. The van der Waals surface area contributed by atoms with Gasteiger partial charge in [0.1, 0.15) is 12.1 Å². The molecule has 0 saturated carbocycles. The number of amides is 2. The van der Waals surface area contributed by atoms with Gasteiger partial charge in [-0.25, -0.2) is 0 Å². The van der Waals surface area contributed by atoms with Gasteiger partial charge in [0.25, 0.3) is 0 Å². The SMILES string of the molecule is CC(C)CC1C(=O)NC(C)C(=O)N1Cc1ccc(Cl)s1. The maximum absolute atomic E-state index is 12.4. The first-order valence-corrected chi connectivity index (χ1v) is 7.93. The zero-order valence-electron chi connectivity index (χ0n) is 11.9. The van der Waals surface area contributed by atoms with Crippen molar-refractivity contribution in [1.82, 2.24) is 10.2 Å². The number of hydrogen-bond acceptors (Lipinski definition) is 3. The Bertz CT molecular complexity index is 515. The van der Waals surface area contributed by atoms with Gasteiger partial charge in [-0.2, -0.15) is 0 Å². The van der Waals surface area contributed by atoms with E-state index in [0.29, 0.717) is 23.2 Å². The maximum Gasteiger partial charge on any atom is 0.245 e. The van der Waals surface area contributed by atoms with Crippen molar-refractivity contribution in [2.24, 2.45) is 5.92 Å². The summed E-state index contributed by atoms with van der Waals surface area (Å²) < 4.78 is 0.697. The van der Waals surface area contributed by atoms with Crippen LogP contribution in [0.2, 0.25) is 4.34 Å². The number of carbonyl (C=O) groups excluding carboxylic acids is 2. The van der Waals surface area contributed by atoms with Gasteiger partial charge in [-0.3, -0.25) is 9.59 Å². The number of hydrogen-bond donors (Lipinski definition) is 1. The molecule has 2 amide bonds. The summed E-state index contributed by atoms with van der Waals surface area (Å²) >= 11 is 7.37. The Morgan fingerprint density at radius 3 is 2.65 bits per heavy atom. The number of halogens is 1. The van der Waals surface area contributed by atoms with Crippen LogP contribution in [-0.4, -0.2) is 28.8 Å². The Labute approximate surface area is 128 Å². The van der Waals surface area contributed by atoms with Gasteiger partial charge in [-0.05, 0) is 31.4 Å². The van der Waals surface area contributed by atoms with Crippen LogP contribution in [0, 0.1) is 5.92 Å². The predicted octanol–water partition coefficient (Wildman–Crippen LogP) is 2.66. The standard InChI is InChI=1S/C14H19ClN2O2S/c1-8(2)6-11-13(18)16-9(3)14(19)17(11)7-10-4-5-12(15)20-10/h4-5,8-9,11H,6-7H2,1-3H3,(H,16,18). The maximum atomic E-state index is 12.4. The molecule has 1 N–H and O–H groups in total. The fourth-order valence-electron chi connectivity index (χ4n) is 2.39. The molecule has 0 bridgehead atoms. The molecule has 6 heteroatoms. The number of nitrogens with zero attached hydrogens (tertiary/aromatic N) is 1. The van der Waals surface area contributed by atoms with E-state index in [4.69, 9.17) is 11.6 Å². The first kappa shape index (κ1) is 15.3. The Morgan fingerprint density at radius 2 is 2.10 bits per heavy atom. The molecule has 1 aliphatic heterocycles. The minimum Gasteiger partial charge on any atom is -0.343 e. The van der Waals surface area contributed by atoms with E-state index in [1.54, 1.807) is 11.8 Å². The molecule has 1 aliphatic rings. The lowest BCUT2D eigenvalue weighted by atomic mass is 9.98. The molecule has 110 valence electrons. The number of piperazine rings is 1. The minimum atomic E-state index is -0.457. The highest BCUT2D eigenvalue weighted by atomic mass is 35.5. The second kappa shape index (κ2) is 6.14. The van der Waals surface area contributed by atoms with Crippen LogP contribution >= 0.6 is 22.9 Å². The van der Waals surface area contributed by atoms with Gasteiger partial charge in [0.15, 0.2) is 0 Å². The normalized spacial score (nSPS) is 23.4. The molecule has 4 nitrogen and oxygen atoms in total. The quantitative estimate of drug-likeness (QED) is 0.929. The van der Waals surface area contributed by atoms with Gasteiger partial charge in [0.05, 0.1) is 10.9 Å². The van der Waals surface area contributed by atoms with Crippen molar-refractivity contribution in [2.45, 2.75) is 45.8 Å². The minimum absolute atomic E-state index is 0.0280. The summed E-state index contributed by atoms with van der Waals surface area (Å²) in [5, 5.41) is 2.75. The van der Waals surface area contributed by atoms with Crippen molar-refractivity contribution < 1.29 is 9.59 Å². The molecular formula is C14H19ClN2O2S. The molecule has 20 heavy (non-hydrogen) atoms. The number of thiophene rings is 1. The monoisotopic (exact) mass is 314 g/mol. The van der Waals surface area contributed by atoms with E-state index in [2.05, 4.69) is 19.2 Å². The summed E-state index contributed by atoms with van der Waals surface area (Å²) in [6, 6.07) is 2.88. The second-order valence-corrected chi connectivity index (χ2v) is 7.35. The van der Waals surface area contributed by atoms with Crippen molar-refractivity contribution in [3.63, 3.8) is 0 Å².